The number of hydrogen-bond acceptors (Lipinski definition) is 4. The predicted molar refractivity (Wildman–Crippen MR) is 87.3 cm³/mol. The van der Waals surface area contributed by atoms with Crippen molar-refractivity contribution in [3.05, 3.63) is 45.8 Å². The average Bonchev–Trinajstić information content (AvgIpc) is 2.76. The summed E-state index contributed by atoms with van der Waals surface area (Å²) in [6.07, 6.45) is 7.18. The SMILES string of the molecule is C=C/C=C\C(=C/C)c1c(Br)sc([B]C#N)c1C(=O)OC. The standard InChI is InChI=1S/C14H12BBrNO2S/c1-4-6-7-9(5-2)10-11(14(18)19-3)12(15-8-17)20-13(10)16/h4-7H,1H2,2-3H3/b7-6-,9-5+. The van der Waals surface area contributed by atoms with E-state index in [0.29, 0.717) is 10.3 Å². The number of esters is 1. The van der Waals surface area contributed by atoms with Gasteiger partial charge in [0.05, 0.1) is 16.5 Å². The van der Waals surface area contributed by atoms with Crippen molar-refractivity contribution in [3.63, 3.8) is 0 Å². The summed E-state index contributed by atoms with van der Waals surface area (Å²) >= 11 is 4.77. The molecule has 6 heteroatoms. The van der Waals surface area contributed by atoms with Crippen molar-refractivity contribution in [2.45, 2.75) is 6.92 Å². The molecule has 0 aliphatic rings. The molecule has 3 nitrogen and oxygen atoms in total. The fraction of sp³-hybridized carbons (Fsp3) is 0.143. The van der Waals surface area contributed by atoms with Gasteiger partial charge in [0.2, 0.25) is 0 Å². The summed E-state index contributed by atoms with van der Waals surface area (Å²) in [5.74, 6) is 1.48. The lowest BCUT2D eigenvalue weighted by Gasteiger charge is -2.06. The maximum atomic E-state index is 12.0. The van der Waals surface area contributed by atoms with Crippen molar-refractivity contribution in [2.75, 3.05) is 7.11 Å². The van der Waals surface area contributed by atoms with Gasteiger partial charge in [0.15, 0.2) is 0 Å². The van der Waals surface area contributed by atoms with Crippen LogP contribution in [0.3, 0.4) is 0 Å². The van der Waals surface area contributed by atoms with Crippen LogP contribution in [-0.4, -0.2) is 20.4 Å². The molecule has 0 aliphatic carbocycles. The molecule has 0 saturated heterocycles. The Balaban J connectivity index is 3.52. The Morgan fingerprint density at radius 2 is 2.25 bits per heavy atom. The van der Waals surface area contributed by atoms with Gasteiger partial charge in [0.1, 0.15) is 0 Å². The minimum Gasteiger partial charge on any atom is -0.465 e. The first-order valence-electron chi connectivity index (χ1n) is 5.69. The van der Waals surface area contributed by atoms with Gasteiger partial charge in [0, 0.05) is 11.5 Å². The minimum absolute atomic E-state index is 0.396. The Kier molecular flexibility index (Phi) is 6.49. The fourth-order valence-electron chi connectivity index (χ4n) is 1.64. The highest BCUT2D eigenvalue weighted by atomic mass is 79.9. The predicted octanol–water partition coefficient (Wildman–Crippen LogP) is 3.25. The lowest BCUT2D eigenvalue weighted by molar-refractivity contribution is 0.0602. The second-order valence-electron chi connectivity index (χ2n) is 3.59. The Bertz CT molecular complexity index is 626. The Labute approximate surface area is 131 Å². The lowest BCUT2D eigenvalue weighted by atomic mass is 9.76. The van der Waals surface area contributed by atoms with E-state index >= 15 is 0 Å². The van der Waals surface area contributed by atoms with Crippen molar-refractivity contribution in [1.82, 2.24) is 0 Å². The molecule has 1 aromatic heterocycles. The summed E-state index contributed by atoms with van der Waals surface area (Å²) in [6, 6.07) is 0. The van der Waals surface area contributed by atoms with Crippen LogP contribution in [0.15, 0.2) is 34.7 Å². The Morgan fingerprint density at radius 3 is 2.75 bits per heavy atom. The molecular weight excluding hydrogens is 337 g/mol. The largest absolute Gasteiger partial charge is 0.465 e. The van der Waals surface area contributed by atoms with Gasteiger partial charge in [-0.3, -0.25) is 0 Å². The molecule has 101 valence electrons. The molecule has 0 bridgehead atoms. The summed E-state index contributed by atoms with van der Waals surface area (Å²) in [4.78, 5) is 12.0. The van der Waals surface area contributed by atoms with E-state index in [9.17, 15) is 4.79 Å². The van der Waals surface area contributed by atoms with Gasteiger partial charge in [-0.15, -0.1) is 11.3 Å². The van der Waals surface area contributed by atoms with E-state index < -0.39 is 5.97 Å². The van der Waals surface area contributed by atoms with Gasteiger partial charge in [-0.25, -0.2) is 10.1 Å². The molecule has 20 heavy (non-hydrogen) atoms. The van der Waals surface area contributed by atoms with Crippen LogP contribution in [0.2, 0.25) is 0 Å². The molecule has 0 aromatic carbocycles. The van der Waals surface area contributed by atoms with Crippen LogP contribution in [0.4, 0.5) is 0 Å². The molecule has 0 amide bonds. The minimum atomic E-state index is -0.463. The number of carbonyl (C=O) groups is 1. The zero-order valence-electron chi connectivity index (χ0n) is 11.1. The number of halogens is 1. The summed E-state index contributed by atoms with van der Waals surface area (Å²) in [5.41, 5.74) is 1.97. The van der Waals surface area contributed by atoms with Crippen LogP contribution < -0.4 is 4.78 Å². The summed E-state index contributed by atoms with van der Waals surface area (Å²) in [5, 5.41) is 8.83. The molecule has 0 fully saturated rings. The fourth-order valence-corrected chi connectivity index (χ4v) is 3.50. The number of nitrogens with zero attached hydrogens (tertiary/aromatic N) is 1. The highest BCUT2D eigenvalue weighted by Crippen LogP contribution is 2.33. The molecule has 0 saturated carbocycles. The molecule has 1 aromatic rings. The first-order valence-corrected chi connectivity index (χ1v) is 7.30. The van der Waals surface area contributed by atoms with Crippen molar-refractivity contribution in [3.8, 4) is 5.97 Å². The van der Waals surface area contributed by atoms with E-state index in [1.807, 2.05) is 25.0 Å². The molecule has 0 aliphatic heterocycles. The molecule has 0 spiro atoms. The smallest absolute Gasteiger partial charge is 0.338 e. The van der Waals surface area contributed by atoms with Gasteiger partial charge in [0.25, 0.3) is 0 Å². The molecule has 1 rings (SSSR count). The third kappa shape index (κ3) is 3.50. The van der Waals surface area contributed by atoms with Crippen LogP contribution in [0.25, 0.3) is 5.57 Å². The highest BCUT2D eigenvalue weighted by Gasteiger charge is 2.24. The maximum absolute atomic E-state index is 12.0. The Morgan fingerprint density at radius 1 is 1.55 bits per heavy atom. The van der Waals surface area contributed by atoms with Crippen molar-refractivity contribution in [2.24, 2.45) is 0 Å². The van der Waals surface area contributed by atoms with E-state index in [1.54, 1.807) is 12.2 Å². The third-order valence-electron chi connectivity index (χ3n) is 2.49. The zero-order chi connectivity index (χ0) is 15.1. The van der Waals surface area contributed by atoms with Crippen LogP contribution in [0.1, 0.15) is 22.8 Å². The zero-order valence-corrected chi connectivity index (χ0v) is 13.5. The van der Waals surface area contributed by atoms with E-state index in [-0.39, 0.29) is 0 Å². The number of methoxy groups -OCH3 is 1. The molecule has 1 heterocycles. The van der Waals surface area contributed by atoms with Gasteiger partial charge in [-0.05, 0) is 33.2 Å². The quantitative estimate of drug-likeness (QED) is 0.466. The van der Waals surface area contributed by atoms with E-state index in [0.717, 1.165) is 14.9 Å². The average molecular weight is 349 g/mol. The first-order chi connectivity index (χ1) is 9.60. The highest BCUT2D eigenvalue weighted by molar-refractivity contribution is 9.11. The van der Waals surface area contributed by atoms with Crippen LogP contribution in [0, 0.1) is 11.2 Å². The monoisotopic (exact) mass is 348 g/mol. The molecule has 0 unspecified atom stereocenters. The molecular formula is C14H12BBrNO2S. The van der Waals surface area contributed by atoms with Gasteiger partial charge in [-0.1, -0.05) is 30.9 Å². The van der Waals surface area contributed by atoms with Crippen molar-refractivity contribution in [1.29, 1.82) is 5.26 Å². The van der Waals surface area contributed by atoms with Crippen LogP contribution in [-0.2, 0) is 4.74 Å². The molecule has 0 atom stereocenters. The topological polar surface area (TPSA) is 50.1 Å². The first kappa shape index (κ1) is 16.5. The Hall–Kier alpha value is -1.58. The van der Waals surface area contributed by atoms with Gasteiger partial charge in [-0.2, -0.15) is 0 Å². The number of carbonyl (C=O) groups excluding carboxylic acids is 1. The van der Waals surface area contributed by atoms with E-state index in [2.05, 4.69) is 22.5 Å². The molecule has 1 radical (unpaired) electrons. The van der Waals surface area contributed by atoms with E-state index in [1.165, 1.54) is 25.7 Å². The van der Waals surface area contributed by atoms with Crippen molar-refractivity contribution >= 4 is 50.9 Å². The number of ether oxygens (including phenoxy) is 1. The summed E-state index contributed by atoms with van der Waals surface area (Å²) < 4.78 is 6.18. The maximum Gasteiger partial charge on any atom is 0.338 e. The second-order valence-corrected chi connectivity index (χ2v) is 5.96. The number of thiophene rings is 1. The molecule has 0 N–H and O–H groups in total. The van der Waals surface area contributed by atoms with Gasteiger partial charge < -0.3 is 4.74 Å². The number of hydrogen-bond donors (Lipinski definition) is 0. The van der Waals surface area contributed by atoms with Crippen LogP contribution in [0.5, 0.6) is 0 Å². The normalized spacial score (nSPS) is 11.2. The summed E-state index contributed by atoms with van der Waals surface area (Å²) in [6.45, 7) is 5.50. The number of allylic oxidation sites excluding steroid dienone is 5. The lowest BCUT2D eigenvalue weighted by Crippen LogP contribution is -2.19. The van der Waals surface area contributed by atoms with Gasteiger partial charge >= 0.3 is 13.2 Å². The third-order valence-corrected chi connectivity index (χ3v) is 4.30. The summed E-state index contributed by atoms with van der Waals surface area (Å²) in [7, 11) is 2.67. The van der Waals surface area contributed by atoms with Crippen molar-refractivity contribution < 1.29 is 9.53 Å². The van der Waals surface area contributed by atoms with Crippen LogP contribution >= 0.6 is 27.3 Å². The number of nitriles is 1. The second kappa shape index (κ2) is 7.88. The van der Waals surface area contributed by atoms with E-state index in [4.69, 9.17) is 10.00 Å². The number of rotatable bonds is 5.